The van der Waals surface area contributed by atoms with Crippen LogP contribution in [0.25, 0.3) is 0 Å². The number of quaternary nitrogens is 1. The van der Waals surface area contributed by atoms with Gasteiger partial charge in [0.2, 0.25) is 0 Å². The van der Waals surface area contributed by atoms with Gasteiger partial charge in [0, 0.05) is 13.6 Å². The van der Waals surface area contributed by atoms with Gasteiger partial charge in [-0.2, -0.15) is 0 Å². The van der Waals surface area contributed by atoms with Gasteiger partial charge in [-0.15, -0.1) is 0 Å². The summed E-state index contributed by atoms with van der Waals surface area (Å²) in [5.74, 6) is 0.150. The average molecular weight is 300 g/mol. The molecule has 6 nitrogen and oxygen atoms in total. The van der Waals surface area contributed by atoms with Crippen molar-refractivity contribution in [3.63, 3.8) is 0 Å². The molecule has 0 spiro atoms. The van der Waals surface area contributed by atoms with E-state index in [2.05, 4.69) is 0 Å². The highest BCUT2D eigenvalue weighted by Gasteiger charge is 2.40. The summed E-state index contributed by atoms with van der Waals surface area (Å²) in [6.45, 7) is 9.86. The van der Waals surface area contributed by atoms with Crippen molar-refractivity contribution in [2.45, 2.75) is 39.3 Å². The Kier molecular flexibility index (Phi) is 5.25. The van der Waals surface area contributed by atoms with Crippen LogP contribution in [0.2, 0.25) is 0 Å². The van der Waals surface area contributed by atoms with E-state index in [9.17, 15) is 9.59 Å². The molecule has 1 heterocycles. The second kappa shape index (κ2) is 6.22. The Labute approximate surface area is 128 Å². The van der Waals surface area contributed by atoms with E-state index in [4.69, 9.17) is 4.74 Å². The summed E-state index contributed by atoms with van der Waals surface area (Å²) in [6, 6.07) is 0.195. The first-order valence-corrected chi connectivity index (χ1v) is 7.51. The molecule has 122 valence electrons. The lowest BCUT2D eigenvalue weighted by Gasteiger charge is -2.45. The van der Waals surface area contributed by atoms with Crippen molar-refractivity contribution in [3.8, 4) is 0 Å². The number of rotatable bonds is 3. The summed E-state index contributed by atoms with van der Waals surface area (Å²) >= 11 is 0. The molecule has 1 fully saturated rings. The highest BCUT2D eigenvalue weighted by atomic mass is 16.6. The van der Waals surface area contributed by atoms with Gasteiger partial charge in [0.25, 0.3) is 5.91 Å². The van der Waals surface area contributed by atoms with Gasteiger partial charge in [-0.05, 0) is 27.7 Å². The van der Waals surface area contributed by atoms with E-state index in [-0.39, 0.29) is 18.0 Å². The smallest absolute Gasteiger partial charge is 0.410 e. The van der Waals surface area contributed by atoms with Gasteiger partial charge in [-0.25, -0.2) is 4.79 Å². The summed E-state index contributed by atoms with van der Waals surface area (Å²) in [5.41, 5.74) is -0.492. The lowest BCUT2D eigenvalue weighted by atomic mass is 10.1. The molecule has 0 radical (unpaired) electrons. The number of piperazine rings is 1. The summed E-state index contributed by atoms with van der Waals surface area (Å²) in [7, 11) is 5.90. The van der Waals surface area contributed by atoms with Crippen LogP contribution in [0.4, 0.5) is 4.79 Å². The van der Waals surface area contributed by atoms with Crippen molar-refractivity contribution in [1.29, 1.82) is 0 Å². The molecule has 0 aromatic heterocycles. The Bertz CT molecular complexity index is 401. The first-order valence-electron chi connectivity index (χ1n) is 7.51. The Hall–Kier alpha value is -1.30. The zero-order chi connectivity index (χ0) is 16.4. The fourth-order valence-corrected chi connectivity index (χ4v) is 2.43. The zero-order valence-corrected chi connectivity index (χ0v) is 14.5. The van der Waals surface area contributed by atoms with Crippen molar-refractivity contribution in [2.75, 3.05) is 47.3 Å². The molecule has 0 bridgehead atoms. The SMILES string of the molecule is CCN(C[C@H]1CN(C)C(=O)C[N+]1(C)C)C(=O)OC(C)(C)C. The summed E-state index contributed by atoms with van der Waals surface area (Å²) < 4.78 is 6.05. The second-order valence-corrected chi connectivity index (χ2v) is 7.38. The summed E-state index contributed by atoms with van der Waals surface area (Å²) in [5, 5.41) is 0. The lowest BCUT2D eigenvalue weighted by molar-refractivity contribution is -0.910. The molecule has 6 heteroatoms. The van der Waals surface area contributed by atoms with Crippen molar-refractivity contribution in [1.82, 2.24) is 9.80 Å². The Morgan fingerprint density at radius 3 is 2.48 bits per heavy atom. The lowest BCUT2D eigenvalue weighted by Crippen LogP contribution is -2.66. The third-order valence-electron chi connectivity index (χ3n) is 3.91. The van der Waals surface area contributed by atoms with Crippen molar-refractivity contribution < 1.29 is 18.8 Å². The van der Waals surface area contributed by atoms with Crippen LogP contribution in [0.5, 0.6) is 0 Å². The first-order chi connectivity index (χ1) is 9.46. The summed E-state index contributed by atoms with van der Waals surface area (Å²) in [4.78, 5) is 27.5. The van der Waals surface area contributed by atoms with Gasteiger partial charge in [-0.3, -0.25) is 4.79 Å². The highest BCUT2D eigenvalue weighted by molar-refractivity contribution is 5.77. The Balaban J connectivity index is 2.76. The maximum Gasteiger partial charge on any atom is 0.410 e. The molecule has 0 unspecified atom stereocenters. The predicted molar refractivity (Wildman–Crippen MR) is 81.9 cm³/mol. The molecule has 2 amide bonds. The number of hydrogen-bond donors (Lipinski definition) is 0. The van der Waals surface area contributed by atoms with Gasteiger partial charge in [-0.1, -0.05) is 0 Å². The minimum atomic E-state index is -0.492. The molecule has 1 atom stereocenters. The van der Waals surface area contributed by atoms with Crippen molar-refractivity contribution in [3.05, 3.63) is 0 Å². The van der Waals surface area contributed by atoms with E-state index < -0.39 is 5.60 Å². The molecule has 0 N–H and O–H groups in total. The topological polar surface area (TPSA) is 49.9 Å². The fourth-order valence-electron chi connectivity index (χ4n) is 2.43. The van der Waals surface area contributed by atoms with Gasteiger partial charge < -0.3 is 19.0 Å². The third-order valence-corrected chi connectivity index (χ3v) is 3.91. The second-order valence-electron chi connectivity index (χ2n) is 7.38. The number of ether oxygens (including phenoxy) is 1. The van der Waals surface area contributed by atoms with E-state index in [0.717, 1.165) is 0 Å². The Morgan fingerprint density at radius 2 is 2.00 bits per heavy atom. The van der Waals surface area contributed by atoms with Crippen LogP contribution in [0.3, 0.4) is 0 Å². The van der Waals surface area contributed by atoms with Crippen LogP contribution in [0.15, 0.2) is 0 Å². The molecule has 1 aliphatic rings. The summed E-state index contributed by atoms with van der Waals surface area (Å²) in [6.07, 6.45) is -0.287. The number of carbonyl (C=O) groups is 2. The van der Waals surface area contributed by atoms with Crippen LogP contribution >= 0.6 is 0 Å². The molecule has 21 heavy (non-hydrogen) atoms. The maximum atomic E-state index is 12.2. The fraction of sp³-hybridized carbons (Fsp3) is 0.867. The van der Waals surface area contributed by atoms with Crippen molar-refractivity contribution >= 4 is 12.0 Å². The van der Waals surface area contributed by atoms with E-state index in [1.807, 2.05) is 48.8 Å². The first kappa shape index (κ1) is 17.8. The minimum Gasteiger partial charge on any atom is -0.444 e. The number of amides is 2. The van der Waals surface area contributed by atoms with Crippen LogP contribution in [0.1, 0.15) is 27.7 Å². The van der Waals surface area contributed by atoms with E-state index in [0.29, 0.717) is 30.7 Å². The number of carbonyl (C=O) groups excluding carboxylic acids is 2. The van der Waals surface area contributed by atoms with E-state index in [1.165, 1.54) is 0 Å². The van der Waals surface area contributed by atoms with Gasteiger partial charge in [0.15, 0.2) is 6.54 Å². The molecule has 0 saturated carbocycles. The van der Waals surface area contributed by atoms with Crippen LogP contribution < -0.4 is 0 Å². The number of likely N-dealkylation sites (N-methyl/N-ethyl adjacent to an activating group) is 3. The maximum absolute atomic E-state index is 12.2. The van der Waals surface area contributed by atoms with Gasteiger partial charge in [0.05, 0.1) is 27.2 Å². The largest absolute Gasteiger partial charge is 0.444 e. The number of nitrogens with zero attached hydrogens (tertiary/aromatic N) is 3. The van der Waals surface area contributed by atoms with Crippen molar-refractivity contribution in [2.24, 2.45) is 0 Å². The highest BCUT2D eigenvalue weighted by Crippen LogP contribution is 2.17. The van der Waals surface area contributed by atoms with Crippen LogP contribution in [-0.4, -0.2) is 85.2 Å². The normalized spacial score (nSPS) is 22.1. The monoisotopic (exact) mass is 300 g/mol. The molecule has 0 aromatic rings. The van der Waals surface area contributed by atoms with Gasteiger partial charge >= 0.3 is 6.09 Å². The minimum absolute atomic E-state index is 0.150. The quantitative estimate of drug-likeness (QED) is 0.735. The zero-order valence-electron chi connectivity index (χ0n) is 14.5. The molecule has 1 saturated heterocycles. The molecule has 1 rings (SSSR count). The molecular weight excluding hydrogens is 270 g/mol. The molecular formula is C15H30N3O3+. The van der Waals surface area contributed by atoms with Crippen LogP contribution in [-0.2, 0) is 9.53 Å². The molecule has 1 aliphatic heterocycles. The third kappa shape index (κ3) is 4.88. The molecule has 0 aliphatic carbocycles. The molecule has 0 aromatic carbocycles. The predicted octanol–water partition coefficient (Wildman–Crippen LogP) is 1.16. The van der Waals surface area contributed by atoms with E-state index in [1.54, 1.807) is 9.80 Å². The van der Waals surface area contributed by atoms with E-state index >= 15 is 0 Å². The standard InChI is InChI=1S/C15H30N3O3/c1-8-17(14(20)21-15(2,3)4)10-12-9-16(5)13(19)11-18(12,6)7/h12H,8-11H2,1-7H3/q+1/t12-/m1/s1. The van der Waals surface area contributed by atoms with Crippen LogP contribution in [0, 0.1) is 0 Å². The Morgan fingerprint density at radius 1 is 1.43 bits per heavy atom. The number of hydrogen-bond acceptors (Lipinski definition) is 3. The van der Waals surface area contributed by atoms with Gasteiger partial charge in [0.1, 0.15) is 11.6 Å². The average Bonchev–Trinajstić information content (AvgIpc) is 2.29.